The predicted octanol–water partition coefficient (Wildman–Crippen LogP) is 4.00. The largest absolute Gasteiger partial charge is 0.443 e. The van der Waals surface area contributed by atoms with Crippen LogP contribution in [0.2, 0.25) is 0 Å². The number of cyclic esters (lactones) is 1. The third-order valence-electron chi connectivity index (χ3n) is 6.69. The number of aromatic amines is 1. The number of benzene rings is 2. The Morgan fingerprint density at radius 1 is 1.11 bits per heavy atom. The summed E-state index contributed by atoms with van der Waals surface area (Å²) in [7, 11) is 0. The van der Waals surface area contributed by atoms with Crippen molar-refractivity contribution in [3.8, 4) is 11.3 Å². The van der Waals surface area contributed by atoms with Crippen molar-refractivity contribution in [2.45, 2.75) is 31.2 Å². The van der Waals surface area contributed by atoms with E-state index in [4.69, 9.17) is 4.74 Å². The van der Waals surface area contributed by atoms with Crippen molar-refractivity contribution < 1.29 is 27.8 Å². The van der Waals surface area contributed by atoms with Crippen LogP contribution in [0.15, 0.2) is 53.3 Å². The highest BCUT2D eigenvalue weighted by atomic mass is 19.4. The Balaban J connectivity index is 1.42. The van der Waals surface area contributed by atoms with Crippen LogP contribution in [0.3, 0.4) is 0 Å². The van der Waals surface area contributed by atoms with Crippen LogP contribution in [-0.4, -0.2) is 59.5 Å². The summed E-state index contributed by atoms with van der Waals surface area (Å²) in [4.78, 5) is 31.5. The van der Waals surface area contributed by atoms with E-state index in [1.807, 2.05) is 0 Å². The zero-order valence-corrected chi connectivity index (χ0v) is 18.7. The third kappa shape index (κ3) is 4.51. The minimum Gasteiger partial charge on any atom is -0.443 e. The molecule has 5 rings (SSSR count). The molecule has 2 atom stereocenters. The van der Waals surface area contributed by atoms with Gasteiger partial charge in [-0.2, -0.15) is 13.2 Å². The number of rotatable bonds is 5. The molecule has 2 saturated heterocycles. The molecule has 0 unspecified atom stereocenters. The maximum atomic E-state index is 13.5. The molecule has 0 saturated carbocycles. The normalized spacial score (nSPS) is 21.1. The maximum Gasteiger partial charge on any atom is 0.417 e. The summed E-state index contributed by atoms with van der Waals surface area (Å²) in [5.74, 6) is 0. The second kappa shape index (κ2) is 9.01. The number of aromatic nitrogens is 1. The van der Waals surface area contributed by atoms with Gasteiger partial charge in [0, 0.05) is 34.9 Å². The number of amides is 1. The molecule has 2 aliphatic heterocycles. The smallest absolute Gasteiger partial charge is 0.417 e. The first kappa shape index (κ1) is 23.4. The minimum absolute atomic E-state index is 0.0628. The molecule has 0 aliphatic carbocycles. The fraction of sp³-hybridized carbons (Fsp3) is 0.360. The number of hydrogen-bond donors (Lipinski definition) is 2. The van der Waals surface area contributed by atoms with Gasteiger partial charge < -0.3 is 14.8 Å². The Bertz CT molecular complexity index is 1320. The number of aliphatic hydroxyl groups excluding tert-OH is 1. The molecular weight excluding hydrogens is 463 g/mol. The number of hydrogen-bond acceptors (Lipinski definition) is 5. The summed E-state index contributed by atoms with van der Waals surface area (Å²) >= 11 is 0. The number of pyridine rings is 1. The van der Waals surface area contributed by atoms with Gasteiger partial charge in [0.25, 0.3) is 5.56 Å². The Morgan fingerprint density at radius 2 is 1.91 bits per heavy atom. The SMILES string of the molecule is O=C1O[C@@H](CN2CCC[C@H]2CO)CN1c1ccc2cc(-c3ccccc3C(F)(F)F)[nH]c(=O)c2c1. The molecular formula is C25H24F3N3O4. The number of fused-ring (bicyclic) bond motifs is 1. The number of nitrogens with zero attached hydrogens (tertiary/aromatic N) is 2. The van der Waals surface area contributed by atoms with Gasteiger partial charge in [-0.25, -0.2) is 4.79 Å². The molecule has 2 N–H and O–H groups in total. The number of likely N-dealkylation sites (tertiary alicyclic amines) is 1. The second-order valence-electron chi connectivity index (χ2n) is 8.92. The highest BCUT2D eigenvalue weighted by Crippen LogP contribution is 2.37. The molecule has 2 fully saturated rings. The van der Waals surface area contributed by atoms with Crippen molar-refractivity contribution in [3.05, 3.63) is 64.4 Å². The Hall–Kier alpha value is -3.37. The number of anilines is 1. The highest BCUT2D eigenvalue weighted by Gasteiger charge is 2.36. The summed E-state index contributed by atoms with van der Waals surface area (Å²) in [6, 6.07) is 11.4. The molecule has 2 aliphatic rings. The lowest BCUT2D eigenvalue weighted by atomic mass is 10.0. The molecule has 10 heteroatoms. The van der Waals surface area contributed by atoms with Crippen LogP contribution in [0.25, 0.3) is 22.0 Å². The number of aliphatic hydroxyl groups is 1. The fourth-order valence-corrected chi connectivity index (χ4v) is 4.96. The molecule has 1 aromatic heterocycles. The Labute approximate surface area is 198 Å². The van der Waals surface area contributed by atoms with Gasteiger partial charge in [0.2, 0.25) is 0 Å². The van der Waals surface area contributed by atoms with Crippen molar-refractivity contribution in [1.29, 1.82) is 0 Å². The number of alkyl halides is 3. The molecule has 35 heavy (non-hydrogen) atoms. The lowest BCUT2D eigenvalue weighted by Gasteiger charge is -2.24. The molecule has 7 nitrogen and oxygen atoms in total. The summed E-state index contributed by atoms with van der Waals surface area (Å²) < 4.78 is 45.9. The molecule has 3 aromatic rings. The van der Waals surface area contributed by atoms with E-state index in [1.165, 1.54) is 29.2 Å². The molecule has 0 radical (unpaired) electrons. The monoisotopic (exact) mass is 487 g/mol. The zero-order chi connectivity index (χ0) is 24.7. The number of carbonyl (C=O) groups excluding carboxylic acids is 1. The van der Waals surface area contributed by atoms with Crippen LogP contribution in [-0.2, 0) is 10.9 Å². The molecule has 0 bridgehead atoms. The first-order chi connectivity index (χ1) is 16.7. The molecule has 3 heterocycles. The van der Waals surface area contributed by atoms with Crippen LogP contribution >= 0.6 is 0 Å². The summed E-state index contributed by atoms with van der Waals surface area (Å²) in [6.07, 6.45) is -3.57. The highest BCUT2D eigenvalue weighted by molar-refractivity contribution is 5.94. The summed E-state index contributed by atoms with van der Waals surface area (Å²) in [6.45, 7) is 1.72. The lowest BCUT2D eigenvalue weighted by Crippen LogP contribution is -2.39. The van der Waals surface area contributed by atoms with E-state index in [1.54, 1.807) is 18.2 Å². The van der Waals surface area contributed by atoms with E-state index in [0.717, 1.165) is 25.5 Å². The van der Waals surface area contributed by atoms with Crippen LogP contribution < -0.4 is 10.5 Å². The number of halogens is 3. The first-order valence-electron chi connectivity index (χ1n) is 11.4. The number of H-pyrrole nitrogens is 1. The predicted molar refractivity (Wildman–Crippen MR) is 124 cm³/mol. The van der Waals surface area contributed by atoms with Crippen molar-refractivity contribution in [2.24, 2.45) is 0 Å². The van der Waals surface area contributed by atoms with E-state index < -0.39 is 23.4 Å². The molecule has 0 spiro atoms. The van der Waals surface area contributed by atoms with Crippen molar-refractivity contribution in [1.82, 2.24) is 9.88 Å². The average molecular weight is 487 g/mol. The quantitative estimate of drug-likeness (QED) is 0.569. The summed E-state index contributed by atoms with van der Waals surface area (Å²) in [5, 5.41) is 10.2. The van der Waals surface area contributed by atoms with Crippen molar-refractivity contribution in [2.75, 3.05) is 31.1 Å². The first-order valence-corrected chi connectivity index (χ1v) is 11.4. The third-order valence-corrected chi connectivity index (χ3v) is 6.69. The van der Waals surface area contributed by atoms with Gasteiger partial charge in [0.1, 0.15) is 6.10 Å². The van der Waals surface area contributed by atoms with Gasteiger partial charge in [-0.3, -0.25) is 14.6 Å². The van der Waals surface area contributed by atoms with Gasteiger partial charge in [-0.15, -0.1) is 0 Å². The zero-order valence-electron chi connectivity index (χ0n) is 18.7. The van der Waals surface area contributed by atoms with E-state index in [-0.39, 0.29) is 35.4 Å². The van der Waals surface area contributed by atoms with Gasteiger partial charge in [-0.05, 0) is 49.0 Å². The topological polar surface area (TPSA) is 85.9 Å². The van der Waals surface area contributed by atoms with Crippen molar-refractivity contribution >= 4 is 22.6 Å². The van der Waals surface area contributed by atoms with Crippen LogP contribution in [0.1, 0.15) is 18.4 Å². The fourth-order valence-electron chi connectivity index (χ4n) is 4.96. The maximum absolute atomic E-state index is 13.5. The lowest BCUT2D eigenvalue weighted by molar-refractivity contribution is -0.137. The number of nitrogens with one attached hydrogen (secondary N) is 1. The van der Waals surface area contributed by atoms with E-state index in [2.05, 4.69) is 9.88 Å². The second-order valence-corrected chi connectivity index (χ2v) is 8.92. The van der Waals surface area contributed by atoms with Gasteiger partial charge >= 0.3 is 12.3 Å². The summed E-state index contributed by atoms with van der Waals surface area (Å²) in [5.41, 5.74) is -0.966. The van der Waals surface area contributed by atoms with Gasteiger partial charge in [0.05, 0.1) is 18.7 Å². The van der Waals surface area contributed by atoms with Crippen LogP contribution in [0.5, 0.6) is 0 Å². The van der Waals surface area contributed by atoms with E-state index >= 15 is 0 Å². The standard InChI is InChI=1S/C25H24F3N3O4/c26-25(27,28)21-6-2-1-5-19(21)22-10-15-7-8-16(11-20(15)23(33)29-22)31-13-18(35-24(31)34)12-30-9-3-4-17(30)14-32/h1-2,5-8,10-11,17-18,32H,3-4,9,12-14H2,(H,29,33)/t17-,18-/m0/s1. The van der Waals surface area contributed by atoms with Crippen LogP contribution in [0, 0.1) is 0 Å². The number of ether oxygens (including phenoxy) is 1. The number of carbonyl (C=O) groups is 1. The van der Waals surface area contributed by atoms with Gasteiger partial charge in [0.15, 0.2) is 0 Å². The van der Waals surface area contributed by atoms with Gasteiger partial charge in [-0.1, -0.05) is 24.3 Å². The Kier molecular flexibility index (Phi) is 6.02. The minimum atomic E-state index is -4.56. The van der Waals surface area contributed by atoms with E-state index in [0.29, 0.717) is 24.2 Å². The average Bonchev–Trinajstić information content (AvgIpc) is 3.44. The Morgan fingerprint density at radius 3 is 2.69 bits per heavy atom. The molecule has 1 amide bonds. The van der Waals surface area contributed by atoms with Crippen LogP contribution in [0.4, 0.5) is 23.7 Å². The molecule has 184 valence electrons. The van der Waals surface area contributed by atoms with Crippen molar-refractivity contribution in [3.63, 3.8) is 0 Å². The molecule has 2 aromatic carbocycles. The van der Waals surface area contributed by atoms with E-state index in [9.17, 15) is 27.9 Å².